The van der Waals surface area contributed by atoms with Gasteiger partial charge >= 0.3 is 11.9 Å². The zero-order valence-corrected chi connectivity index (χ0v) is 20.4. The second-order valence-corrected chi connectivity index (χ2v) is 5.97. The molecule has 2 rings (SSSR count). The van der Waals surface area contributed by atoms with Gasteiger partial charge in [0.05, 0.1) is 11.3 Å². The van der Waals surface area contributed by atoms with Gasteiger partial charge < -0.3 is 4.79 Å². The van der Waals surface area contributed by atoms with Gasteiger partial charge in [0, 0.05) is 17.3 Å². The molecule has 0 bridgehead atoms. The van der Waals surface area contributed by atoms with E-state index in [9.17, 15) is 22.8 Å². The first-order valence-electron chi connectivity index (χ1n) is 9.96. The van der Waals surface area contributed by atoms with Gasteiger partial charge in [-0.15, -0.1) is 18.2 Å². The second kappa shape index (κ2) is 17.3. The fourth-order valence-corrected chi connectivity index (χ4v) is 2.36. The summed E-state index contributed by atoms with van der Waals surface area (Å²) >= 11 is 10.2. The molecule has 0 aliphatic rings. The Kier molecular flexibility index (Phi) is 17.2. The van der Waals surface area contributed by atoms with Crippen LogP contribution in [-0.2, 0) is 17.5 Å². The van der Waals surface area contributed by atoms with Gasteiger partial charge in [0.15, 0.2) is 0 Å². The topological polar surface area (TPSA) is 56.9 Å². The van der Waals surface area contributed by atoms with Crippen LogP contribution in [0.25, 0.3) is 5.69 Å². The van der Waals surface area contributed by atoms with Gasteiger partial charge in [0.2, 0.25) is 0 Å². The number of allylic oxidation sites excluding steroid dienone is 2. The molecule has 0 spiro atoms. The predicted molar refractivity (Wildman–Crippen MR) is 126 cm³/mol. The van der Waals surface area contributed by atoms with Gasteiger partial charge in [-0.1, -0.05) is 58.4 Å². The number of hydrogen-bond donors (Lipinski definition) is 0. The number of halogens is 5. The molecular weight excluding hydrogens is 466 g/mol. The van der Waals surface area contributed by atoms with Crippen LogP contribution in [0, 0.1) is 0 Å². The molecule has 180 valence electrons. The molecule has 0 aliphatic heterocycles. The summed E-state index contributed by atoms with van der Waals surface area (Å²) in [6.07, 6.45) is -0.729. The average molecular weight is 496 g/mol. The number of alkyl halides is 4. The molecular formula is C22H30Cl2F3N3O2. The third kappa shape index (κ3) is 9.87. The van der Waals surface area contributed by atoms with E-state index in [0.29, 0.717) is 18.0 Å². The molecule has 0 N–H and O–H groups in total. The molecule has 0 amide bonds. The molecule has 1 aromatic heterocycles. The number of hydrogen-bond acceptors (Lipinski definition) is 3. The van der Waals surface area contributed by atoms with Crippen LogP contribution < -0.4 is 5.69 Å². The lowest BCUT2D eigenvalue weighted by Gasteiger charge is -2.10. The highest BCUT2D eigenvalue weighted by Crippen LogP contribution is 2.29. The minimum absolute atomic E-state index is 0.233. The monoisotopic (exact) mass is 495 g/mol. The van der Waals surface area contributed by atoms with Gasteiger partial charge in [-0.3, -0.25) is 0 Å². The van der Waals surface area contributed by atoms with Gasteiger partial charge in [-0.25, -0.2) is 14.0 Å². The SMILES string of the molecule is C=CC(C)c1nn(CC=O)c(=O)n1-c1ccc(C(F)(F)F)cc1.CC.CC.Cl/C=C/CCl. The van der Waals surface area contributed by atoms with E-state index in [1.807, 2.05) is 27.7 Å². The number of nitrogens with zero attached hydrogens (tertiary/aromatic N) is 3. The van der Waals surface area contributed by atoms with E-state index >= 15 is 0 Å². The maximum atomic E-state index is 12.6. The van der Waals surface area contributed by atoms with Crippen LogP contribution in [0.15, 0.2) is 53.3 Å². The molecule has 32 heavy (non-hydrogen) atoms. The first kappa shape index (κ1) is 31.9. The fourth-order valence-electron chi connectivity index (χ4n) is 2.09. The second-order valence-electron chi connectivity index (χ2n) is 5.41. The van der Waals surface area contributed by atoms with Crippen molar-refractivity contribution in [1.82, 2.24) is 14.3 Å². The quantitative estimate of drug-likeness (QED) is 0.258. The van der Waals surface area contributed by atoms with E-state index in [1.165, 1.54) is 22.2 Å². The highest BCUT2D eigenvalue weighted by atomic mass is 35.5. The number of aromatic nitrogens is 3. The lowest BCUT2D eigenvalue weighted by Crippen LogP contribution is -2.25. The van der Waals surface area contributed by atoms with E-state index in [-0.39, 0.29) is 18.2 Å². The van der Waals surface area contributed by atoms with Crippen molar-refractivity contribution in [2.75, 3.05) is 5.88 Å². The number of benzene rings is 1. The molecule has 1 aromatic carbocycles. The molecule has 0 saturated carbocycles. The Balaban J connectivity index is 0. The number of rotatable bonds is 6. The first-order valence-corrected chi connectivity index (χ1v) is 10.9. The zero-order valence-electron chi connectivity index (χ0n) is 18.9. The van der Waals surface area contributed by atoms with Gasteiger partial charge in [0.1, 0.15) is 18.7 Å². The first-order chi connectivity index (χ1) is 15.2. The van der Waals surface area contributed by atoms with Crippen molar-refractivity contribution in [2.24, 2.45) is 0 Å². The Bertz CT molecular complexity index is 874. The largest absolute Gasteiger partial charge is 0.416 e. The van der Waals surface area contributed by atoms with Crippen LogP contribution in [0.2, 0.25) is 0 Å². The Labute approximate surface area is 197 Å². The number of carbonyl (C=O) groups excluding carboxylic acids is 1. The summed E-state index contributed by atoms with van der Waals surface area (Å²) in [4.78, 5) is 23.0. The van der Waals surface area contributed by atoms with Crippen molar-refractivity contribution in [3.63, 3.8) is 0 Å². The standard InChI is InChI=1S/C15H14F3N3O2.C3H4Cl2.2C2H6/c1-3-10(2)13-19-20(8-9-22)14(23)21(13)12-6-4-11(5-7-12)15(16,17)18;4-2-1-3-5;2*1-2/h3-7,9-10H,1,8H2,2H3;1-2H,3H2;2*1-2H3/b;2-1+;;. The fraction of sp³-hybridized carbons (Fsp3) is 0.409. The molecule has 0 radical (unpaired) electrons. The minimum atomic E-state index is -4.46. The molecule has 0 saturated heterocycles. The third-order valence-electron chi connectivity index (χ3n) is 3.50. The summed E-state index contributed by atoms with van der Waals surface area (Å²) < 4.78 is 40.0. The average Bonchev–Trinajstić information content (AvgIpc) is 3.13. The van der Waals surface area contributed by atoms with Crippen molar-refractivity contribution >= 4 is 29.5 Å². The van der Waals surface area contributed by atoms with E-state index in [1.54, 1.807) is 19.1 Å². The summed E-state index contributed by atoms with van der Waals surface area (Å²) in [6, 6.07) is 4.16. The van der Waals surface area contributed by atoms with Crippen molar-refractivity contribution in [3.8, 4) is 5.69 Å². The van der Waals surface area contributed by atoms with Crippen molar-refractivity contribution in [1.29, 1.82) is 0 Å². The van der Waals surface area contributed by atoms with Gasteiger partial charge in [-0.2, -0.15) is 18.3 Å². The van der Waals surface area contributed by atoms with Crippen molar-refractivity contribution in [3.05, 3.63) is 70.4 Å². The zero-order chi connectivity index (χ0) is 25.3. The normalized spacial score (nSPS) is 11.2. The summed E-state index contributed by atoms with van der Waals surface area (Å²) in [5.74, 6) is 0.480. The molecule has 0 aliphatic carbocycles. The smallest absolute Gasteiger partial charge is 0.301 e. The lowest BCUT2D eigenvalue weighted by molar-refractivity contribution is -0.137. The Morgan fingerprint density at radius 2 is 1.69 bits per heavy atom. The molecule has 1 unspecified atom stereocenters. The Hall–Kier alpha value is -2.32. The summed E-state index contributed by atoms with van der Waals surface area (Å²) in [7, 11) is 0. The third-order valence-corrected chi connectivity index (χ3v) is 3.86. The summed E-state index contributed by atoms with van der Waals surface area (Å²) in [6.45, 7) is 13.1. The van der Waals surface area contributed by atoms with Crippen LogP contribution in [0.4, 0.5) is 13.2 Å². The van der Waals surface area contributed by atoms with Gasteiger partial charge in [0.25, 0.3) is 0 Å². The maximum Gasteiger partial charge on any atom is 0.416 e. The lowest BCUT2D eigenvalue weighted by atomic mass is 10.1. The van der Waals surface area contributed by atoms with Crippen molar-refractivity contribution < 1.29 is 18.0 Å². The maximum absolute atomic E-state index is 12.6. The molecule has 2 aromatic rings. The number of aldehydes is 1. The van der Waals surface area contributed by atoms with Crippen LogP contribution >= 0.6 is 23.2 Å². The van der Waals surface area contributed by atoms with E-state index in [2.05, 4.69) is 11.7 Å². The van der Waals surface area contributed by atoms with Crippen LogP contribution in [-0.4, -0.2) is 26.5 Å². The highest BCUT2D eigenvalue weighted by Gasteiger charge is 2.30. The minimum Gasteiger partial charge on any atom is -0.301 e. The van der Waals surface area contributed by atoms with Gasteiger partial charge in [-0.05, 0) is 24.3 Å². The highest BCUT2D eigenvalue weighted by molar-refractivity contribution is 6.26. The molecule has 1 atom stereocenters. The van der Waals surface area contributed by atoms with E-state index < -0.39 is 17.4 Å². The molecule has 5 nitrogen and oxygen atoms in total. The van der Waals surface area contributed by atoms with Crippen LogP contribution in [0.3, 0.4) is 0 Å². The number of carbonyl (C=O) groups is 1. The molecule has 10 heteroatoms. The predicted octanol–water partition coefficient (Wildman–Crippen LogP) is 6.57. The summed E-state index contributed by atoms with van der Waals surface area (Å²) in [5, 5.41) is 4.06. The Morgan fingerprint density at radius 1 is 1.16 bits per heavy atom. The van der Waals surface area contributed by atoms with E-state index in [0.717, 1.165) is 16.8 Å². The summed E-state index contributed by atoms with van der Waals surface area (Å²) in [5.41, 5.74) is 0.227. The Morgan fingerprint density at radius 3 is 2.03 bits per heavy atom. The van der Waals surface area contributed by atoms with Crippen molar-refractivity contribution in [2.45, 2.75) is 53.3 Å². The van der Waals surface area contributed by atoms with Crippen LogP contribution in [0.1, 0.15) is 51.9 Å². The molecule has 1 heterocycles. The molecule has 0 fully saturated rings. The van der Waals surface area contributed by atoms with Crippen LogP contribution in [0.5, 0.6) is 0 Å². The van der Waals surface area contributed by atoms with E-state index in [4.69, 9.17) is 23.2 Å².